The summed E-state index contributed by atoms with van der Waals surface area (Å²) in [7, 11) is -4.49. The standard InChI is InChI=1S/C25H25Cl2F3N4O5S/c1-3-4-5-21-32-23(27)20(13-22(35)39-2)34(21)14-15-6-9-17(10-7-15)31-24(36)18-12-16(26)8-11-19(18)33-40(37,38)25(28,29)30/h6-12,33H,3-5,13-14H2,1-2H3,(H,31,36). The fourth-order valence-electron chi connectivity index (χ4n) is 3.67. The SMILES string of the molecule is CCCCc1nc(Cl)c(CC(=O)OC)n1Cc1ccc(NC(=O)c2cc(Cl)ccc2NS(=O)(=O)C(F)(F)F)cc1. The molecule has 0 fully saturated rings. The van der Waals surface area contributed by atoms with Crippen LogP contribution in [0.25, 0.3) is 0 Å². The van der Waals surface area contributed by atoms with E-state index >= 15 is 0 Å². The molecule has 216 valence electrons. The van der Waals surface area contributed by atoms with E-state index in [4.69, 9.17) is 27.9 Å². The van der Waals surface area contributed by atoms with Crippen molar-refractivity contribution in [2.75, 3.05) is 17.1 Å². The Morgan fingerprint density at radius 1 is 1.10 bits per heavy atom. The van der Waals surface area contributed by atoms with Crippen LogP contribution < -0.4 is 10.0 Å². The number of carbonyl (C=O) groups excluding carboxylic acids is 2. The lowest BCUT2D eigenvalue weighted by Gasteiger charge is -2.15. The predicted octanol–water partition coefficient (Wildman–Crippen LogP) is 5.81. The minimum absolute atomic E-state index is 0.0103. The Bertz CT molecular complexity index is 1490. The van der Waals surface area contributed by atoms with Gasteiger partial charge in [0.15, 0.2) is 5.15 Å². The van der Waals surface area contributed by atoms with Gasteiger partial charge in [0, 0.05) is 23.7 Å². The number of benzene rings is 2. The number of anilines is 2. The lowest BCUT2D eigenvalue weighted by atomic mass is 10.1. The summed E-state index contributed by atoms with van der Waals surface area (Å²) in [5.74, 6) is -0.655. The van der Waals surface area contributed by atoms with Crippen molar-refractivity contribution in [3.8, 4) is 0 Å². The first-order chi connectivity index (χ1) is 18.8. The van der Waals surface area contributed by atoms with E-state index in [0.717, 1.165) is 36.6 Å². The van der Waals surface area contributed by atoms with Crippen LogP contribution in [0.15, 0.2) is 42.5 Å². The lowest BCUT2D eigenvalue weighted by molar-refractivity contribution is -0.139. The summed E-state index contributed by atoms with van der Waals surface area (Å²) in [5.41, 5.74) is -5.02. The van der Waals surface area contributed by atoms with E-state index < -0.39 is 38.7 Å². The molecule has 0 radical (unpaired) electrons. The van der Waals surface area contributed by atoms with Gasteiger partial charge in [0.2, 0.25) is 0 Å². The minimum Gasteiger partial charge on any atom is -0.469 e. The van der Waals surface area contributed by atoms with Crippen molar-refractivity contribution in [3.05, 3.63) is 75.3 Å². The molecule has 3 aromatic rings. The van der Waals surface area contributed by atoms with Gasteiger partial charge in [0.05, 0.1) is 30.5 Å². The Hall–Kier alpha value is -3.29. The number of hydrogen-bond donors (Lipinski definition) is 2. The van der Waals surface area contributed by atoms with E-state index in [2.05, 4.69) is 10.3 Å². The second kappa shape index (κ2) is 12.9. The van der Waals surface area contributed by atoms with Crippen LogP contribution in [0.4, 0.5) is 24.5 Å². The zero-order chi connectivity index (χ0) is 29.7. The normalized spacial score (nSPS) is 11.8. The number of hydrogen-bond acceptors (Lipinski definition) is 6. The molecule has 0 unspecified atom stereocenters. The van der Waals surface area contributed by atoms with Gasteiger partial charge in [-0.3, -0.25) is 14.3 Å². The molecule has 0 aliphatic rings. The van der Waals surface area contributed by atoms with E-state index in [1.165, 1.54) is 11.8 Å². The highest BCUT2D eigenvalue weighted by Crippen LogP contribution is 2.29. The zero-order valence-electron chi connectivity index (χ0n) is 21.3. The van der Waals surface area contributed by atoms with Crippen LogP contribution in [0.1, 0.15) is 47.2 Å². The molecular formula is C25H25Cl2F3N4O5S. The Labute approximate surface area is 238 Å². The summed E-state index contributed by atoms with van der Waals surface area (Å²) < 4.78 is 69.7. The number of sulfonamides is 1. The molecule has 0 bridgehead atoms. The maximum atomic E-state index is 12.9. The second-order valence-corrected chi connectivity index (χ2v) is 11.1. The van der Waals surface area contributed by atoms with Gasteiger partial charge in [-0.25, -0.2) is 4.98 Å². The maximum Gasteiger partial charge on any atom is 0.516 e. The number of rotatable bonds is 11. The van der Waals surface area contributed by atoms with Gasteiger partial charge in [-0.05, 0) is 42.3 Å². The van der Waals surface area contributed by atoms with E-state index in [-0.39, 0.29) is 22.3 Å². The molecular weight excluding hydrogens is 596 g/mol. The van der Waals surface area contributed by atoms with Crippen molar-refractivity contribution in [3.63, 3.8) is 0 Å². The largest absolute Gasteiger partial charge is 0.516 e. The van der Waals surface area contributed by atoms with Gasteiger partial charge in [0.1, 0.15) is 5.82 Å². The van der Waals surface area contributed by atoms with Crippen molar-refractivity contribution < 1.29 is 35.9 Å². The van der Waals surface area contributed by atoms with Crippen LogP contribution in [0, 0.1) is 0 Å². The first-order valence-electron chi connectivity index (χ1n) is 11.8. The third-order valence-corrected chi connectivity index (χ3v) is 7.36. The van der Waals surface area contributed by atoms with E-state index in [1.54, 1.807) is 24.3 Å². The number of esters is 1. The van der Waals surface area contributed by atoms with Crippen LogP contribution in [0.2, 0.25) is 10.2 Å². The molecule has 40 heavy (non-hydrogen) atoms. The molecule has 3 rings (SSSR count). The number of ether oxygens (including phenoxy) is 1. The minimum atomic E-state index is -5.77. The molecule has 0 aliphatic heterocycles. The first-order valence-corrected chi connectivity index (χ1v) is 14.1. The number of nitrogens with zero attached hydrogens (tertiary/aromatic N) is 2. The smallest absolute Gasteiger partial charge is 0.469 e. The molecule has 2 N–H and O–H groups in total. The molecule has 0 aliphatic carbocycles. The van der Waals surface area contributed by atoms with E-state index in [0.29, 0.717) is 24.5 Å². The summed E-state index contributed by atoms with van der Waals surface area (Å²) in [6.07, 6.45) is 2.37. The second-order valence-electron chi connectivity index (χ2n) is 8.60. The fraction of sp³-hybridized carbons (Fsp3) is 0.320. The Kier molecular flexibility index (Phi) is 10.1. The van der Waals surface area contributed by atoms with E-state index in [9.17, 15) is 31.2 Å². The number of imidazole rings is 1. The third kappa shape index (κ3) is 7.67. The highest BCUT2D eigenvalue weighted by atomic mass is 35.5. The monoisotopic (exact) mass is 620 g/mol. The van der Waals surface area contributed by atoms with Crippen LogP contribution in [0.3, 0.4) is 0 Å². The van der Waals surface area contributed by atoms with Gasteiger partial charge in [-0.1, -0.05) is 48.7 Å². The highest BCUT2D eigenvalue weighted by molar-refractivity contribution is 7.93. The molecule has 1 aromatic heterocycles. The van der Waals surface area contributed by atoms with E-state index in [1.807, 2.05) is 11.5 Å². The highest BCUT2D eigenvalue weighted by Gasteiger charge is 2.46. The number of aromatic nitrogens is 2. The summed E-state index contributed by atoms with van der Waals surface area (Å²) in [4.78, 5) is 29.2. The topological polar surface area (TPSA) is 119 Å². The van der Waals surface area contributed by atoms with Crippen molar-refractivity contribution >= 4 is 56.5 Å². The van der Waals surface area contributed by atoms with Crippen LogP contribution in [-0.2, 0) is 38.9 Å². The van der Waals surface area contributed by atoms with Crippen molar-refractivity contribution in [1.29, 1.82) is 0 Å². The number of methoxy groups -OCH3 is 1. The number of alkyl halides is 3. The number of halogens is 5. The van der Waals surface area contributed by atoms with Crippen molar-refractivity contribution in [1.82, 2.24) is 9.55 Å². The molecule has 0 spiro atoms. The maximum absolute atomic E-state index is 12.9. The molecule has 9 nitrogen and oxygen atoms in total. The average Bonchev–Trinajstić information content (AvgIpc) is 3.17. The zero-order valence-corrected chi connectivity index (χ0v) is 23.6. The molecule has 0 saturated carbocycles. The van der Waals surface area contributed by atoms with Gasteiger partial charge in [-0.15, -0.1) is 0 Å². The number of nitrogens with one attached hydrogen (secondary N) is 2. The molecule has 1 amide bonds. The molecule has 2 aromatic carbocycles. The Morgan fingerprint density at radius 3 is 2.38 bits per heavy atom. The molecule has 0 atom stereocenters. The Balaban J connectivity index is 1.83. The number of aryl methyl sites for hydroxylation is 1. The van der Waals surface area contributed by atoms with Gasteiger partial charge in [0.25, 0.3) is 5.91 Å². The van der Waals surface area contributed by atoms with Crippen LogP contribution in [0.5, 0.6) is 0 Å². The molecule has 1 heterocycles. The van der Waals surface area contributed by atoms with Gasteiger partial charge >= 0.3 is 21.5 Å². The third-order valence-electron chi connectivity index (χ3n) is 5.72. The summed E-state index contributed by atoms with van der Waals surface area (Å²) >= 11 is 12.2. The number of amides is 1. The van der Waals surface area contributed by atoms with Crippen LogP contribution in [-0.4, -0.2) is 42.5 Å². The molecule has 0 saturated heterocycles. The fourth-order valence-corrected chi connectivity index (χ4v) is 4.69. The number of unbranched alkanes of at least 4 members (excludes halogenated alkanes) is 1. The summed E-state index contributed by atoms with van der Waals surface area (Å²) in [6, 6.07) is 9.65. The van der Waals surface area contributed by atoms with Gasteiger partial charge in [-0.2, -0.15) is 21.6 Å². The molecule has 15 heteroatoms. The summed E-state index contributed by atoms with van der Waals surface area (Å²) in [6.45, 7) is 2.35. The Morgan fingerprint density at radius 2 is 1.77 bits per heavy atom. The van der Waals surface area contributed by atoms with Crippen molar-refractivity contribution in [2.45, 2.75) is 44.7 Å². The van der Waals surface area contributed by atoms with Crippen LogP contribution >= 0.6 is 23.2 Å². The number of carbonyl (C=O) groups is 2. The lowest BCUT2D eigenvalue weighted by Crippen LogP contribution is -2.30. The quantitative estimate of drug-likeness (QED) is 0.261. The van der Waals surface area contributed by atoms with Gasteiger partial charge < -0.3 is 14.6 Å². The first kappa shape index (κ1) is 31.2. The predicted molar refractivity (Wildman–Crippen MR) is 145 cm³/mol. The van der Waals surface area contributed by atoms with Crippen molar-refractivity contribution in [2.24, 2.45) is 0 Å². The average molecular weight is 621 g/mol. The summed E-state index contributed by atoms with van der Waals surface area (Å²) in [5, 5.41) is 2.73.